The zero-order valence-corrected chi connectivity index (χ0v) is 15.4. The smallest absolute Gasteiger partial charge is 0.396 e. The first kappa shape index (κ1) is 15.9. The van der Waals surface area contributed by atoms with Crippen molar-refractivity contribution >= 4 is 32.4 Å². The van der Waals surface area contributed by atoms with Crippen molar-refractivity contribution < 1.29 is 9.52 Å². The zero-order chi connectivity index (χ0) is 17.9. The van der Waals surface area contributed by atoms with Crippen LogP contribution in [-0.4, -0.2) is 5.11 Å². The lowest BCUT2D eigenvalue weighted by Gasteiger charge is -2.13. The molecule has 126 valence electrons. The van der Waals surface area contributed by atoms with Crippen LogP contribution in [0.4, 0.5) is 0 Å². The molecule has 4 aromatic rings. The van der Waals surface area contributed by atoms with Crippen molar-refractivity contribution in [2.75, 3.05) is 0 Å². The Bertz CT molecular complexity index is 1210. The van der Waals surface area contributed by atoms with Gasteiger partial charge in [0.25, 0.3) is 0 Å². The molecule has 0 saturated heterocycles. The number of fused-ring (bicyclic) bond motifs is 3. The van der Waals surface area contributed by atoms with Gasteiger partial charge < -0.3 is 9.52 Å². The molecule has 0 fully saturated rings. The molecule has 1 N–H and O–H groups in total. The molecule has 1 aromatic heterocycles. The monoisotopic (exact) mass is 350 g/mol. The fourth-order valence-corrected chi connectivity index (χ4v) is 4.08. The quantitative estimate of drug-likeness (QED) is 0.485. The predicted molar refractivity (Wildman–Crippen MR) is 104 cm³/mol. The van der Waals surface area contributed by atoms with Gasteiger partial charge in [0.15, 0.2) is 5.58 Å². The predicted octanol–water partition coefficient (Wildman–Crippen LogP) is 5.61. The molecule has 0 unspecified atom stereocenters. The Kier molecular flexibility index (Phi) is 3.48. The minimum absolute atomic E-state index is 0.200. The average molecular weight is 350 g/mol. The first-order valence-electron chi connectivity index (χ1n) is 8.14. The summed E-state index contributed by atoms with van der Waals surface area (Å²) in [5.41, 5.74) is 6.63. The Morgan fingerprint density at radius 3 is 2.20 bits per heavy atom. The van der Waals surface area contributed by atoms with Crippen LogP contribution in [0.2, 0.25) is 0 Å². The summed E-state index contributed by atoms with van der Waals surface area (Å²) in [6.07, 6.45) is 0. The van der Waals surface area contributed by atoms with Crippen LogP contribution in [0.25, 0.3) is 32.2 Å². The number of phenols is 1. The summed E-state index contributed by atoms with van der Waals surface area (Å²) >= 11 is 1.04. The number of hydrogen-bond acceptors (Lipinski definition) is 4. The van der Waals surface area contributed by atoms with Crippen LogP contribution in [0, 0.1) is 27.7 Å². The fourth-order valence-electron chi connectivity index (χ4n) is 3.23. The van der Waals surface area contributed by atoms with Gasteiger partial charge in [-0.15, -0.1) is 0 Å². The second-order valence-electron chi connectivity index (χ2n) is 6.62. The lowest BCUT2D eigenvalue weighted by Crippen LogP contribution is -1.89. The van der Waals surface area contributed by atoms with E-state index in [1.54, 1.807) is 0 Å². The highest BCUT2D eigenvalue weighted by Gasteiger charge is 2.20. The second kappa shape index (κ2) is 5.46. The van der Waals surface area contributed by atoms with Crippen molar-refractivity contribution in [2.24, 2.45) is 0 Å². The minimum atomic E-state index is -0.356. The van der Waals surface area contributed by atoms with Crippen molar-refractivity contribution in [1.29, 1.82) is 0 Å². The molecule has 0 spiro atoms. The van der Waals surface area contributed by atoms with Crippen LogP contribution >= 0.6 is 11.3 Å². The highest BCUT2D eigenvalue weighted by atomic mass is 32.1. The van der Waals surface area contributed by atoms with Gasteiger partial charge in [0.05, 0.1) is 4.70 Å². The molecule has 25 heavy (non-hydrogen) atoms. The summed E-state index contributed by atoms with van der Waals surface area (Å²) in [5, 5.41) is 12.5. The highest BCUT2D eigenvalue weighted by molar-refractivity contribution is 7.17. The lowest BCUT2D eigenvalue weighted by atomic mass is 9.94. The number of phenolic OH excluding ortho intramolecular Hbond substituents is 1. The minimum Gasteiger partial charge on any atom is -0.507 e. The van der Waals surface area contributed by atoms with E-state index >= 15 is 0 Å². The molecule has 0 aliphatic carbocycles. The molecule has 3 nitrogen and oxygen atoms in total. The third-order valence-corrected chi connectivity index (χ3v) is 5.81. The van der Waals surface area contributed by atoms with E-state index in [0.29, 0.717) is 21.2 Å². The third kappa shape index (κ3) is 2.36. The third-order valence-electron chi connectivity index (χ3n) is 4.97. The maximum Gasteiger partial charge on any atom is 0.396 e. The molecule has 4 heteroatoms. The van der Waals surface area contributed by atoms with Gasteiger partial charge in [0.2, 0.25) is 0 Å². The Morgan fingerprint density at radius 1 is 0.880 bits per heavy atom. The van der Waals surface area contributed by atoms with Crippen LogP contribution < -0.4 is 4.94 Å². The first-order valence-corrected chi connectivity index (χ1v) is 8.95. The van der Waals surface area contributed by atoms with Crippen LogP contribution in [0.3, 0.4) is 0 Å². The van der Waals surface area contributed by atoms with Crippen molar-refractivity contribution in [3.63, 3.8) is 0 Å². The van der Waals surface area contributed by atoms with Gasteiger partial charge in [-0.1, -0.05) is 29.5 Å². The van der Waals surface area contributed by atoms with Gasteiger partial charge in [0.1, 0.15) is 5.75 Å². The largest absolute Gasteiger partial charge is 0.507 e. The van der Waals surface area contributed by atoms with Gasteiger partial charge in [-0.05, 0) is 67.6 Å². The van der Waals surface area contributed by atoms with E-state index in [1.807, 2.05) is 51.1 Å². The second-order valence-corrected chi connectivity index (χ2v) is 7.56. The number of benzene rings is 3. The molecule has 0 radical (unpaired) electrons. The van der Waals surface area contributed by atoms with Gasteiger partial charge in [-0.2, -0.15) is 0 Å². The van der Waals surface area contributed by atoms with Gasteiger partial charge in [-0.25, -0.2) is 4.79 Å². The van der Waals surface area contributed by atoms with Gasteiger partial charge in [0, 0.05) is 16.3 Å². The first-order chi connectivity index (χ1) is 11.9. The van der Waals surface area contributed by atoms with Crippen LogP contribution in [-0.2, 0) is 0 Å². The Labute approximate surface area is 149 Å². The summed E-state index contributed by atoms with van der Waals surface area (Å²) < 4.78 is 6.19. The molecule has 0 bridgehead atoms. The molecule has 0 saturated carbocycles. The number of aryl methyl sites for hydroxylation is 4. The number of rotatable bonds is 1. The molecule has 1 heterocycles. The Balaban J connectivity index is 2.22. The average Bonchev–Trinajstić information content (AvgIpc) is 2.94. The maximum absolute atomic E-state index is 12.0. The molecule has 0 aliphatic rings. The molecule has 0 aliphatic heterocycles. The standard InChI is InChI=1S/C21H18O3S/c1-10-5-6-14(7-11(10)2)17-18(22)15-8-12(3)13(4)9-16(15)19-20(17)25-21(23)24-19/h5-9,22H,1-4H3. The Hall–Kier alpha value is -2.59. The maximum atomic E-state index is 12.0. The van der Waals surface area contributed by atoms with Crippen molar-refractivity contribution in [2.45, 2.75) is 27.7 Å². The van der Waals surface area contributed by atoms with Crippen molar-refractivity contribution in [3.8, 4) is 16.9 Å². The van der Waals surface area contributed by atoms with E-state index < -0.39 is 0 Å². The topological polar surface area (TPSA) is 50.4 Å². The summed E-state index contributed by atoms with van der Waals surface area (Å²) in [7, 11) is 0. The van der Waals surface area contributed by atoms with Gasteiger partial charge in [-0.3, -0.25) is 0 Å². The highest BCUT2D eigenvalue weighted by Crippen LogP contribution is 2.45. The summed E-state index contributed by atoms with van der Waals surface area (Å²) in [6, 6.07) is 9.99. The molecular weight excluding hydrogens is 332 g/mol. The van der Waals surface area contributed by atoms with Crippen LogP contribution in [0.5, 0.6) is 5.75 Å². The fraction of sp³-hybridized carbons (Fsp3) is 0.190. The van der Waals surface area contributed by atoms with E-state index in [0.717, 1.165) is 39.0 Å². The SMILES string of the molecule is Cc1ccc(-c2c(O)c3cc(C)c(C)cc3c3oc(=O)sc23)cc1C. The number of aromatic hydroxyl groups is 1. The number of hydrogen-bond donors (Lipinski definition) is 1. The van der Waals surface area contributed by atoms with Crippen LogP contribution in [0.1, 0.15) is 22.3 Å². The van der Waals surface area contributed by atoms with Crippen molar-refractivity contribution in [1.82, 2.24) is 0 Å². The molecule has 0 atom stereocenters. The van der Waals surface area contributed by atoms with Gasteiger partial charge >= 0.3 is 4.94 Å². The van der Waals surface area contributed by atoms with E-state index in [1.165, 1.54) is 5.56 Å². The van der Waals surface area contributed by atoms with E-state index in [-0.39, 0.29) is 10.7 Å². The van der Waals surface area contributed by atoms with E-state index in [2.05, 4.69) is 6.92 Å². The molecule has 0 amide bonds. The van der Waals surface area contributed by atoms with Crippen LogP contribution in [0.15, 0.2) is 39.5 Å². The summed E-state index contributed by atoms with van der Waals surface area (Å²) in [6.45, 7) is 8.12. The lowest BCUT2D eigenvalue weighted by molar-refractivity contribution is 0.484. The Morgan fingerprint density at radius 2 is 1.52 bits per heavy atom. The summed E-state index contributed by atoms with van der Waals surface area (Å²) in [4.78, 5) is 11.6. The van der Waals surface area contributed by atoms with E-state index in [9.17, 15) is 9.90 Å². The normalized spacial score (nSPS) is 11.5. The molecular formula is C21H18O3S. The summed E-state index contributed by atoms with van der Waals surface area (Å²) in [5.74, 6) is 0.200. The molecule has 3 aromatic carbocycles. The van der Waals surface area contributed by atoms with Crippen molar-refractivity contribution in [3.05, 3.63) is 62.3 Å². The zero-order valence-electron chi connectivity index (χ0n) is 14.6. The molecule has 4 rings (SSSR count). The van der Waals surface area contributed by atoms with E-state index in [4.69, 9.17) is 4.42 Å².